The van der Waals surface area contributed by atoms with E-state index in [0.29, 0.717) is 29.6 Å². The van der Waals surface area contributed by atoms with Crippen molar-refractivity contribution in [2.45, 2.75) is 44.9 Å². The third-order valence-electron chi connectivity index (χ3n) is 6.60. The van der Waals surface area contributed by atoms with E-state index in [-0.39, 0.29) is 17.6 Å². The highest BCUT2D eigenvalue weighted by molar-refractivity contribution is 7.91. The molecule has 2 fully saturated rings. The number of nitrogens with zero attached hydrogens (tertiary/aromatic N) is 4. The third-order valence-corrected chi connectivity index (χ3v) is 9.32. The van der Waals surface area contributed by atoms with Crippen LogP contribution in [0.5, 0.6) is 0 Å². The van der Waals surface area contributed by atoms with Gasteiger partial charge >= 0.3 is 0 Å². The molecule has 0 bridgehead atoms. The Morgan fingerprint density at radius 2 is 1.91 bits per heavy atom. The zero-order valence-electron chi connectivity index (χ0n) is 17.8. The molecule has 0 saturated carbocycles. The van der Waals surface area contributed by atoms with Crippen molar-refractivity contribution in [3.8, 4) is 11.4 Å². The highest BCUT2D eigenvalue weighted by Crippen LogP contribution is 2.35. The van der Waals surface area contributed by atoms with Crippen LogP contribution < -0.4 is 0 Å². The molecular weight excluding hydrogens is 468 g/mol. The number of benzene rings is 1. The molecule has 5 rings (SSSR count). The van der Waals surface area contributed by atoms with E-state index in [0.717, 1.165) is 60.5 Å². The molecule has 32 heavy (non-hydrogen) atoms. The Balaban J connectivity index is 1.40. The second kappa shape index (κ2) is 9.02. The van der Waals surface area contributed by atoms with E-state index in [2.05, 4.69) is 20.0 Å². The van der Waals surface area contributed by atoms with E-state index in [1.165, 1.54) is 11.5 Å². The first kappa shape index (κ1) is 22.3. The van der Waals surface area contributed by atoms with Crippen molar-refractivity contribution in [3.05, 3.63) is 34.4 Å². The van der Waals surface area contributed by atoms with Crippen LogP contribution in [0.2, 0.25) is 5.02 Å². The van der Waals surface area contributed by atoms with Gasteiger partial charge in [-0.25, -0.2) is 13.4 Å². The predicted octanol–water partition coefficient (Wildman–Crippen LogP) is 3.59. The van der Waals surface area contributed by atoms with Crippen LogP contribution in [-0.4, -0.2) is 63.0 Å². The smallest absolute Gasteiger partial charge is 0.175 e. The quantitative estimate of drug-likeness (QED) is 0.583. The summed E-state index contributed by atoms with van der Waals surface area (Å²) in [6.45, 7) is 3.24. The van der Waals surface area contributed by atoms with Crippen molar-refractivity contribution in [1.29, 1.82) is 0 Å². The summed E-state index contributed by atoms with van der Waals surface area (Å²) in [6, 6.07) is 5.88. The molecule has 1 N–H and O–H groups in total. The van der Waals surface area contributed by atoms with Crippen molar-refractivity contribution < 1.29 is 13.5 Å². The predicted molar refractivity (Wildman–Crippen MR) is 128 cm³/mol. The Labute approximate surface area is 197 Å². The Hall–Kier alpha value is -1.52. The van der Waals surface area contributed by atoms with Gasteiger partial charge in [-0.1, -0.05) is 23.7 Å². The van der Waals surface area contributed by atoms with Gasteiger partial charge in [0.2, 0.25) is 0 Å². The van der Waals surface area contributed by atoms with Crippen molar-refractivity contribution in [3.63, 3.8) is 0 Å². The van der Waals surface area contributed by atoms with Crippen molar-refractivity contribution in [2.75, 3.05) is 24.6 Å². The maximum absolute atomic E-state index is 11.8. The molecule has 0 amide bonds. The molecule has 2 aliphatic heterocycles. The summed E-state index contributed by atoms with van der Waals surface area (Å²) < 4.78 is 30.4. The number of aromatic nitrogens is 3. The lowest BCUT2D eigenvalue weighted by atomic mass is 10.0. The number of aliphatic hydroxyl groups is 1. The first-order valence-corrected chi connectivity index (χ1v) is 14.1. The number of sulfone groups is 1. The normalized spacial score (nSPS) is 20.8. The summed E-state index contributed by atoms with van der Waals surface area (Å²) in [4.78, 5) is 7.13. The highest BCUT2D eigenvalue weighted by atomic mass is 35.5. The van der Waals surface area contributed by atoms with E-state index in [1.54, 1.807) is 0 Å². The Kier molecular flexibility index (Phi) is 6.28. The molecule has 4 heterocycles. The molecule has 172 valence electrons. The fourth-order valence-corrected chi connectivity index (χ4v) is 7.30. The van der Waals surface area contributed by atoms with Crippen LogP contribution in [0.4, 0.5) is 0 Å². The number of rotatable bonds is 5. The van der Waals surface area contributed by atoms with Crippen LogP contribution in [0, 0.1) is 5.92 Å². The van der Waals surface area contributed by atoms with Gasteiger partial charge < -0.3 is 9.67 Å². The topological polar surface area (TPSA) is 88.3 Å². The summed E-state index contributed by atoms with van der Waals surface area (Å²) in [5.74, 6) is 1.55. The van der Waals surface area contributed by atoms with E-state index in [4.69, 9.17) is 16.6 Å². The summed E-state index contributed by atoms with van der Waals surface area (Å²) in [7, 11) is -2.88. The molecule has 7 nitrogen and oxygen atoms in total. The average molecular weight is 495 g/mol. The molecule has 0 radical (unpaired) electrons. The number of hydrogen-bond acceptors (Lipinski definition) is 7. The molecular formula is C22H27ClN4O3S2. The van der Waals surface area contributed by atoms with Gasteiger partial charge in [0, 0.05) is 36.8 Å². The monoisotopic (exact) mass is 494 g/mol. The van der Waals surface area contributed by atoms with Gasteiger partial charge in [-0.05, 0) is 49.2 Å². The first-order valence-electron chi connectivity index (χ1n) is 11.1. The molecule has 0 aliphatic carbocycles. The molecule has 2 aliphatic rings. The lowest BCUT2D eigenvalue weighted by molar-refractivity contribution is 0.0792. The van der Waals surface area contributed by atoms with Gasteiger partial charge in [0.15, 0.2) is 5.82 Å². The Bertz CT molecular complexity index is 1200. The van der Waals surface area contributed by atoms with Gasteiger partial charge in [0.05, 0.1) is 34.7 Å². The molecule has 1 aromatic carbocycles. The Morgan fingerprint density at radius 3 is 2.66 bits per heavy atom. The number of halogens is 1. The molecule has 2 aromatic heterocycles. The van der Waals surface area contributed by atoms with Crippen LogP contribution in [0.1, 0.15) is 30.7 Å². The minimum Gasteiger partial charge on any atom is -0.393 e. The molecule has 0 spiro atoms. The Morgan fingerprint density at radius 1 is 1.16 bits per heavy atom. The van der Waals surface area contributed by atoms with Gasteiger partial charge in [0.25, 0.3) is 0 Å². The lowest BCUT2D eigenvalue weighted by Gasteiger charge is -2.28. The number of hydrogen-bond donors (Lipinski definition) is 1. The fraction of sp³-hybridized carbons (Fsp3) is 0.545. The molecule has 10 heteroatoms. The number of aliphatic hydroxyl groups excluding tert-OH is 1. The standard InChI is InChI=1S/C22H27ClN4O3S2/c23-19-3-1-2-17-18(13-27(21(17)19)12-15-6-10-32(29,30)11-7-15)22-24-20(31-25-22)14-26-8-4-16(28)5-9-26/h1-3,13,15-16,28H,4-12,14H2. The molecule has 3 aromatic rings. The van der Waals surface area contributed by atoms with Crippen LogP contribution in [0.3, 0.4) is 0 Å². The van der Waals surface area contributed by atoms with E-state index < -0.39 is 9.84 Å². The number of para-hydroxylation sites is 1. The maximum Gasteiger partial charge on any atom is 0.175 e. The summed E-state index contributed by atoms with van der Waals surface area (Å²) >= 11 is 8.01. The van der Waals surface area contributed by atoms with Crippen molar-refractivity contribution in [2.24, 2.45) is 5.92 Å². The number of fused-ring (bicyclic) bond motifs is 1. The molecule has 0 atom stereocenters. The minimum absolute atomic E-state index is 0.184. The zero-order chi connectivity index (χ0) is 22.3. The van der Waals surface area contributed by atoms with Gasteiger partial charge in [-0.2, -0.15) is 4.37 Å². The summed E-state index contributed by atoms with van der Waals surface area (Å²) in [6.07, 6.45) is 4.87. The zero-order valence-corrected chi connectivity index (χ0v) is 20.2. The second-order valence-electron chi connectivity index (χ2n) is 8.95. The van der Waals surface area contributed by atoms with Crippen LogP contribution in [-0.2, 0) is 22.9 Å². The van der Waals surface area contributed by atoms with Crippen molar-refractivity contribution >= 4 is 43.9 Å². The fourth-order valence-electron chi connectivity index (χ4n) is 4.73. The van der Waals surface area contributed by atoms with E-state index in [1.807, 2.05) is 18.2 Å². The lowest BCUT2D eigenvalue weighted by Crippen LogP contribution is -2.35. The number of likely N-dealkylation sites (tertiary alicyclic amines) is 1. The van der Waals surface area contributed by atoms with E-state index >= 15 is 0 Å². The second-order valence-corrected chi connectivity index (χ2v) is 12.5. The maximum atomic E-state index is 11.8. The van der Waals surface area contributed by atoms with Crippen LogP contribution in [0.15, 0.2) is 24.4 Å². The minimum atomic E-state index is -2.88. The largest absolute Gasteiger partial charge is 0.393 e. The van der Waals surface area contributed by atoms with Gasteiger partial charge in [-0.3, -0.25) is 4.90 Å². The first-order chi connectivity index (χ1) is 15.4. The van der Waals surface area contributed by atoms with E-state index in [9.17, 15) is 13.5 Å². The van der Waals surface area contributed by atoms with Gasteiger partial charge in [0.1, 0.15) is 14.8 Å². The molecule has 2 saturated heterocycles. The van der Waals surface area contributed by atoms with Crippen LogP contribution >= 0.6 is 23.1 Å². The summed E-state index contributed by atoms with van der Waals surface area (Å²) in [5, 5.41) is 12.4. The molecule has 0 unspecified atom stereocenters. The SMILES string of the molecule is O=S1(=O)CCC(Cn2cc(-c3nsc(CN4CCC(O)CC4)n3)c3cccc(Cl)c32)CC1. The average Bonchev–Trinajstić information content (AvgIpc) is 3.37. The van der Waals surface area contributed by atoms with Crippen molar-refractivity contribution in [1.82, 2.24) is 18.8 Å². The third kappa shape index (κ3) is 4.72. The highest BCUT2D eigenvalue weighted by Gasteiger charge is 2.26. The van der Waals surface area contributed by atoms with Crippen LogP contribution in [0.25, 0.3) is 22.3 Å². The van der Waals surface area contributed by atoms with Gasteiger partial charge in [-0.15, -0.1) is 0 Å². The summed E-state index contributed by atoms with van der Waals surface area (Å²) in [5.41, 5.74) is 1.92. The number of piperidine rings is 1.